The standard InChI is InChI=1S/C16H23NO3/c1-3-20-16(18)17-11-5-4-6-14(12-17)13-7-9-15(19-2)10-8-13/h7-10,14H,3-6,11-12H2,1-2H3/t14-/m0/s1. The Balaban J connectivity index is 2.07. The molecule has 1 atom stereocenters. The second-order valence-electron chi connectivity index (χ2n) is 5.11. The summed E-state index contributed by atoms with van der Waals surface area (Å²) in [4.78, 5) is 13.8. The summed E-state index contributed by atoms with van der Waals surface area (Å²) in [6, 6.07) is 8.15. The summed E-state index contributed by atoms with van der Waals surface area (Å²) in [5.41, 5.74) is 1.27. The molecule has 1 amide bonds. The van der Waals surface area contributed by atoms with E-state index in [1.165, 1.54) is 5.56 Å². The maximum Gasteiger partial charge on any atom is 0.409 e. The van der Waals surface area contributed by atoms with Gasteiger partial charge in [-0.2, -0.15) is 0 Å². The number of amides is 1. The van der Waals surface area contributed by atoms with E-state index in [0.717, 1.165) is 38.1 Å². The van der Waals surface area contributed by atoms with Gasteiger partial charge in [-0.15, -0.1) is 0 Å². The third kappa shape index (κ3) is 3.65. The van der Waals surface area contributed by atoms with Crippen molar-refractivity contribution in [2.45, 2.75) is 32.1 Å². The smallest absolute Gasteiger partial charge is 0.409 e. The highest BCUT2D eigenvalue weighted by Crippen LogP contribution is 2.28. The summed E-state index contributed by atoms with van der Waals surface area (Å²) in [7, 11) is 1.67. The van der Waals surface area contributed by atoms with Gasteiger partial charge in [0.15, 0.2) is 0 Å². The van der Waals surface area contributed by atoms with Crippen LogP contribution < -0.4 is 4.74 Å². The van der Waals surface area contributed by atoms with Crippen LogP contribution in [0, 0.1) is 0 Å². The van der Waals surface area contributed by atoms with Crippen LogP contribution in [0.5, 0.6) is 5.75 Å². The molecule has 1 aliphatic rings. The fourth-order valence-corrected chi connectivity index (χ4v) is 2.67. The minimum Gasteiger partial charge on any atom is -0.497 e. The average molecular weight is 277 g/mol. The lowest BCUT2D eigenvalue weighted by molar-refractivity contribution is 0.107. The van der Waals surface area contributed by atoms with Gasteiger partial charge in [0.2, 0.25) is 0 Å². The summed E-state index contributed by atoms with van der Waals surface area (Å²) < 4.78 is 10.3. The molecule has 0 bridgehead atoms. The van der Waals surface area contributed by atoms with Crippen LogP contribution in [0.1, 0.15) is 37.7 Å². The molecule has 1 fully saturated rings. The third-order valence-corrected chi connectivity index (χ3v) is 3.78. The number of nitrogens with zero attached hydrogens (tertiary/aromatic N) is 1. The van der Waals surface area contributed by atoms with E-state index in [9.17, 15) is 4.79 Å². The molecule has 0 N–H and O–H groups in total. The molecule has 0 spiro atoms. The Morgan fingerprint density at radius 3 is 2.70 bits per heavy atom. The Kier molecular flexibility index (Phi) is 5.27. The van der Waals surface area contributed by atoms with Crippen LogP contribution in [0.2, 0.25) is 0 Å². The maximum absolute atomic E-state index is 11.9. The van der Waals surface area contributed by atoms with Gasteiger partial charge in [0, 0.05) is 19.0 Å². The van der Waals surface area contributed by atoms with Crippen molar-refractivity contribution in [1.82, 2.24) is 4.90 Å². The van der Waals surface area contributed by atoms with Gasteiger partial charge in [-0.1, -0.05) is 18.6 Å². The Morgan fingerprint density at radius 2 is 2.05 bits per heavy atom. The summed E-state index contributed by atoms with van der Waals surface area (Å²) >= 11 is 0. The number of ether oxygens (including phenoxy) is 2. The highest BCUT2D eigenvalue weighted by atomic mass is 16.6. The van der Waals surface area contributed by atoms with Gasteiger partial charge in [0.05, 0.1) is 13.7 Å². The second kappa shape index (κ2) is 7.17. The van der Waals surface area contributed by atoms with Crippen molar-refractivity contribution in [2.24, 2.45) is 0 Å². The van der Waals surface area contributed by atoms with Crippen molar-refractivity contribution in [3.05, 3.63) is 29.8 Å². The highest BCUT2D eigenvalue weighted by Gasteiger charge is 2.23. The minimum atomic E-state index is -0.187. The molecule has 110 valence electrons. The first-order valence-electron chi connectivity index (χ1n) is 7.30. The van der Waals surface area contributed by atoms with Gasteiger partial charge >= 0.3 is 6.09 Å². The number of likely N-dealkylation sites (tertiary alicyclic amines) is 1. The zero-order chi connectivity index (χ0) is 14.4. The number of methoxy groups -OCH3 is 1. The first-order chi connectivity index (χ1) is 9.74. The molecule has 1 saturated heterocycles. The van der Waals surface area contributed by atoms with E-state index in [0.29, 0.717) is 12.5 Å². The molecular weight excluding hydrogens is 254 g/mol. The van der Waals surface area contributed by atoms with Crippen LogP contribution in [-0.4, -0.2) is 37.8 Å². The van der Waals surface area contributed by atoms with Crippen LogP contribution in [-0.2, 0) is 4.74 Å². The Labute approximate surface area is 120 Å². The monoisotopic (exact) mass is 277 g/mol. The zero-order valence-corrected chi connectivity index (χ0v) is 12.3. The van der Waals surface area contributed by atoms with Crippen LogP contribution in [0.15, 0.2) is 24.3 Å². The topological polar surface area (TPSA) is 38.8 Å². The maximum atomic E-state index is 11.9. The lowest BCUT2D eigenvalue weighted by Gasteiger charge is -2.24. The fraction of sp³-hybridized carbons (Fsp3) is 0.562. The third-order valence-electron chi connectivity index (χ3n) is 3.78. The summed E-state index contributed by atoms with van der Waals surface area (Å²) in [6.45, 7) is 3.82. The van der Waals surface area contributed by atoms with E-state index < -0.39 is 0 Å². The highest BCUT2D eigenvalue weighted by molar-refractivity contribution is 5.67. The number of benzene rings is 1. The van der Waals surface area contributed by atoms with Crippen molar-refractivity contribution in [3.8, 4) is 5.75 Å². The number of carbonyl (C=O) groups is 1. The molecule has 0 saturated carbocycles. The predicted octanol–water partition coefficient (Wildman–Crippen LogP) is 3.42. The van der Waals surface area contributed by atoms with E-state index >= 15 is 0 Å². The molecule has 0 unspecified atom stereocenters. The number of hydrogen-bond acceptors (Lipinski definition) is 3. The van der Waals surface area contributed by atoms with Crippen molar-refractivity contribution in [2.75, 3.05) is 26.8 Å². The zero-order valence-electron chi connectivity index (χ0n) is 12.3. The number of carbonyl (C=O) groups excluding carboxylic acids is 1. The van der Waals surface area contributed by atoms with E-state index in [-0.39, 0.29) is 6.09 Å². The van der Waals surface area contributed by atoms with Gasteiger partial charge < -0.3 is 14.4 Å². The van der Waals surface area contributed by atoms with E-state index in [2.05, 4.69) is 12.1 Å². The molecule has 2 rings (SSSR count). The van der Waals surface area contributed by atoms with Crippen molar-refractivity contribution >= 4 is 6.09 Å². The van der Waals surface area contributed by atoms with Crippen LogP contribution in [0.4, 0.5) is 4.79 Å². The van der Waals surface area contributed by atoms with Gasteiger partial charge in [0.25, 0.3) is 0 Å². The lowest BCUT2D eigenvalue weighted by Crippen LogP contribution is -2.34. The number of hydrogen-bond donors (Lipinski definition) is 0. The molecule has 0 aromatic heterocycles. The van der Waals surface area contributed by atoms with E-state index in [1.54, 1.807) is 7.11 Å². The predicted molar refractivity (Wildman–Crippen MR) is 78.2 cm³/mol. The molecule has 1 aromatic rings. The minimum absolute atomic E-state index is 0.187. The second-order valence-corrected chi connectivity index (χ2v) is 5.11. The summed E-state index contributed by atoms with van der Waals surface area (Å²) in [5, 5.41) is 0. The van der Waals surface area contributed by atoms with Gasteiger partial charge in [0.1, 0.15) is 5.75 Å². The Hall–Kier alpha value is -1.71. The van der Waals surface area contributed by atoms with Crippen LogP contribution in [0.3, 0.4) is 0 Å². The lowest BCUT2D eigenvalue weighted by atomic mass is 9.94. The SMILES string of the molecule is CCOC(=O)N1CCCC[C@H](c2ccc(OC)cc2)C1. The first kappa shape index (κ1) is 14.7. The fourth-order valence-electron chi connectivity index (χ4n) is 2.67. The van der Waals surface area contributed by atoms with E-state index in [1.807, 2.05) is 24.0 Å². The van der Waals surface area contributed by atoms with Crippen molar-refractivity contribution < 1.29 is 14.3 Å². The molecular formula is C16H23NO3. The van der Waals surface area contributed by atoms with Gasteiger partial charge in [-0.25, -0.2) is 4.79 Å². The van der Waals surface area contributed by atoms with E-state index in [4.69, 9.17) is 9.47 Å². The Bertz CT molecular complexity index is 430. The quantitative estimate of drug-likeness (QED) is 0.849. The first-order valence-corrected chi connectivity index (χ1v) is 7.30. The molecule has 20 heavy (non-hydrogen) atoms. The van der Waals surface area contributed by atoms with Crippen LogP contribution in [0.25, 0.3) is 0 Å². The largest absolute Gasteiger partial charge is 0.497 e. The molecule has 1 aliphatic heterocycles. The molecule has 1 heterocycles. The summed E-state index contributed by atoms with van der Waals surface area (Å²) in [5.74, 6) is 1.25. The molecule has 4 heteroatoms. The van der Waals surface area contributed by atoms with Crippen molar-refractivity contribution in [1.29, 1.82) is 0 Å². The van der Waals surface area contributed by atoms with Crippen molar-refractivity contribution in [3.63, 3.8) is 0 Å². The molecule has 0 radical (unpaired) electrons. The normalized spacial score (nSPS) is 19.3. The number of rotatable bonds is 3. The van der Waals surface area contributed by atoms with Gasteiger partial charge in [-0.3, -0.25) is 0 Å². The molecule has 1 aromatic carbocycles. The molecule has 4 nitrogen and oxygen atoms in total. The van der Waals surface area contributed by atoms with Crippen LogP contribution >= 0.6 is 0 Å². The summed E-state index contributed by atoms with van der Waals surface area (Å²) in [6.07, 6.45) is 3.12. The van der Waals surface area contributed by atoms with Gasteiger partial charge in [-0.05, 0) is 37.5 Å². The average Bonchev–Trinajstić information content (AvgIpc) is 2.74. The Morgan fingerprint density at radius 1 is 1.30 bits per heavy atom. The molecule has 0 aliphatic carbocycles.